The summed E-state index contributed by atoms with van der Waals surface area (Å²) in [6.07, 6.45) is 5.47. The van der Waals surface area contributed by atoms with Gasteiger partial charge in [0.25, 0.3) is 6.02 Å². The van der Waals surface area contributed by atoms with E-state index in [9.17, 15) is 0 Å². The number of fused-ring (bicyclic) bond motifs is 1. The molecule has 2 atom stereocenters. The minimum absolute atomic E-state index is 0.405. The number of ether oxygens (including phenoxy) is 1. The average molecular weight is 154 g/mol. The van der Waals surface area contributed by atoms with Gasteiger partial charge in [-0.25, -0.2) is 4.99 Å². The molecule has 0 amide bonds. The van der Waals surface area contributed by atoms with E-state index in [1.165, 1.54) is 25.7 Å². The molecule has 0 spiro atoms. The lowest BCUT2D eigenvalue weighted by atomic mass is 9.93. The predicted octanol–water partition coefficient (Wildman–Crippen LogP) is 0.903. The van der Waals surface area contributed by atoms with Crippen LogP contribution in [0.4, 0.5) is 0 Å². The van der Waals surface area contributed by atoms with Gasteiger partial charge in [0.05, 0.1) is 6.04 Å². The number of hydrogen-bond acceptors (Lipinski definition) is 2. The fourth-order valence-corrected chi connectivity index (χ4v) is 1.86. The summed E-state index contributed by atoms with van der Waals surface area (Å²) in [4.78, 5) is 4.00. The minimum atomic E-state index is 0.405. The molecule has 62 valence electrons. The van der Waals surface area contributed by atoms with E-state index in [2.05, 4.69) is 10.3 Å². The van der Waals surface area contributed by atoms with Crippen LogP contribution in [0.1, 0.15) is 25.7 Å². The van der Waals surface area contributed by atoms with Crippen molar-refractivity contribution in [1.82, 2.24) is 5.32 Å². The first kappa shape index (κ1) is 6.95. The van der Waals surface area contributed by atoms with E-state index in [4.69, 9.17) is 4.74 Å². The molecule has 2 fully saturated rings. The Kier molecular flexibility index (Phi) is 1.72. The SMILES string of the molecule is CN=C1NC2CCCCC2O1. The molecule has 1 N–H and O–H groups in total. The fraction of sp³-hybridized carbons (Fsp3) is 0.875. The topological polar surface area (TPSA) is 33.6 Å². The van der Waals surface area contributed by atoms with Crippen molar-refractivity contribution >= 4 is 6.02 Å². The Hall–Kier alpha value is -0.730. The number of nitrogens with one attached hydrogen (secondary N) is 1. The molecule has 1 heterocycles. The third-order valence-electron chi connectivity index (χ3n) is 2.48. The van der Waals surface area contributed by atoms with Crippen molar-refractivity contribution in [2.24, 2.45) is 4.99 Å². The Morgan fingerprint density at radius 2 is 2.27 bits per heavy atom. The average Bonchev–Trinajstić information content (AvgIpc) is 2.46. The molecule has 1 saturated heterocycles. The summed E-state index contributed by atoms with van der Waals surface area (Å²) >= 11 is 0. The molecule has 2 rings (SSSR count). The van der Waals surface area contributed by atoms with Crippen LogP contribution in [0.25, 0.3) is 0 Å². The quantitative estimate of drug-likeness (QED) is 0.562. The predicted molar refractivity (Wildman–Crippen MR) is 43.6 cm³/mol. The van der Waals surface area contributed by atoms with Crippen LogP contribution in [0.2, 0.25) is 0 Å². The molecule has 1 aliphatic carbocycles. The van der Waals surface area contributed by atoms with Gasteiger partial charge in [0, 0.05) is 7.05 Å². The largest absolute Gasteiger partial charge is 0.460 e. The van der Waals surface area contributed by atoms with Crippen molar-refractivity contribution in [2.75, 3.05) is 7.05 Å². The molecule has 0 aromatic heterocycles. The molecule has 2 aliphatic rings. The van der Waals surface area contributed by atoms with Gasteiger partial charge in [0.1, 0.15) is 6.10 Å². The maximum Gasteiger partial charge on any atom is 0.285 e. The van der Waals surface area contributed by atoms with Crippen LogP contribution < -0.4 is 5.32 Å². The standard InChI is InChI=1S/C8H14N2O/c1-9-8-10-6-4-2-3-5-7(6)11-8/h6-7H,2-5H2,1H3,(H,9,10). The smallest absolute Gasteiger partial charge is 0.285 e. The minimum Gasteiger partial charge on any atom is -0.460 e. The van der Waals surface area contributed by atoms with Gasteiger partial charge >= 0.3 is 0 Å². The van der Waals surface area contributed by atoms with E-state index >= 15 is 0 Å². The molecule has 1 saturated carbocycles. The van der Waals surface area contributed by atoms with Crippen molar-refractivity contribution in [1.29, 1.82) is 0 Å². The van der Waals surface area contributed by atoms with Gasteiger partial charge in [-0.1, -0.05) is 6.42 Å². The Morgan fingerprint density at radius 1 is 1.45 bits per heavy atom. The molecule has 0 aromatic rings. The Balaban J connectivity index is 2.03. The van der Waals surface area contributed by atoms with Crippen LogP contribution in [-0.4, -0.2) is 25.2 Å². The molecule has 3 nitrogen and oxygen atoms in total. The lowest BCUT2D eigenvalue weighted by Gasteiger charge is -2.21. The normalized spacial score (nSPS) is 39.5. The number of nitrogens with zero attached hydrogens (tertiary/aromatic N) is 1. The number of amidine groups is 1. The molecular formula is C8H14N2O. The Bertz CT molecular complexity index is 163. The van der Waals surface area contributed by atoms with Crippen molar-refractivity contribution in [3.05, 3.63) is 0 Å². The zero-order valence-electron chi connectivity index (χ0n) is 6.84. The zero-order valence-corrected chi connectivity index (χ0v) is 6.84. The molecule has 2 unspecified atom stereocenters. The summed E-state index contributed by atoms with van der Waals surface area (Å²) in [7, 11) is 1.76. The van der Waals surface area contributed by atoms with Gasteiger partial charge in [0.15, 0.2) is 0 Å². The Labute approximate surface area is 66.8 Å². The van der Waals surface area contributed by atoms with E-state index in [0.717, 1.165) is 6.02 Å². The number of aliphatic imine (C=N–C) groups is 1. The third kappa shape index (κ3) is 1.19. The third-order valence-corrected chi connectivity index (χ3v) is 2.48. The first-order chi connectivity index (χ1) is 5.40. The highest BCUT2D eigenvalue weighted by Gasteiger charge is 2.33. The second kappa shape index (κ2) is 2.72. The van der Waals surface area contributed by atoms with Gasteiger partial charge in [0.2, 0.25) is 0 Å². The fourth-order valence-electron chi connectivity index (χ4n) is 1.86. The van der Waals surface area contributed by atoms with Crippen molar-refractivity contribution in [2.45, 2.75) is 37.8 Å². The van der Waals surface area contributed by atoms with Crippen LogP contribution in [-0.2, 0) is 4.74 Å². The lowest BCUT2D eigenvalue weighted by molar-refractivity contribution is 0.159. The molecule has 0 bridgehead atoms. The zero-order chi connectivity index (χ0) is 7.68. The second-order valence-electron chi connectivity index (χ2n) is 3.22. The summed E-state index contributed by atoms with van der Waals surface area (Å²) in [5, 5.41) is 3.27. The monoisotopic (exact) mass is 154 g/mol. The maximum absolute atomic E-state index is 5.55. The van der Waals surface area contributed by atoms with Crippen LogP contribution in [0, 0.1) is 0 Å². The van der Waals surface area contributed by atoms with Crippen molar-refractivity contribution in [3.8, 4) is 0 Å². The van der Waals surface area contributed by atoms with E-state index in [1.54, 1.807) is 7.05 Å². The van der Waals surface area contributed by atoms with E-state index in [-0.39, 0.29) is 0 Å². The summed E-state index contributed by atoms with van der Waals surface area (Å²) in [5.41, 5.74) is 0. The summed E-state index contributed by atoms with van der Waals surface area (Å²) < 4.78 is 5.55. The molecule has 11 heavy (non-hydrogen) atoms. The summed E-state index contributed by atoms with van der Waals surface area (Å²) in [6.45, 7) is 0. The summed E-state index contributed by atoms with van der Waals surface area (Å²) in [5.74, 6) is 0. The maximum atomic E-state index is 5.55. The first-order valence-corrected chi connectivity index (χ1v) is 4.30. The van der Waals surface area contributed by atoms with Gasteiger partial charge < -0.3 is 10.1 Å². The molecule has 1 aliphatic heterocycles. The highest BCUT2D eigenvalue weighted by Crippen LogP contribution is 2.24. The number of rotatable bonds is 0. The van der Waals surface area contributed by atoms with Crippen molar-refractivity contribution in [3.63, 3.8) is 0 Å². The molecule has 3 heteroatoms. The highest BCUT2D eigenvalue weighted by atomic mass is 16.5. The van der Waals surface area contributed by atoms with E-state index in [1.807, 2.05) is 0 Å². The Morgan fingerprint density at radius 3 is 3.00 bits per heavy atom. The van der Waals surface area contributed by atoms with E-state index in [0.29, 0.717) is 12.1 Å². The van der Waals surface area contributed by atoms with Gasteiger partial charge in [-0.15, -0.1) is 0 Å². The second-order valence-corrected chi connectivity index (χ2v) is 3.22. The highest BCUT2D eigenvalue weighted by molar-refractivity contribution is 5.76. The molecular weight excluding hydrogens is 140 g/mol. The molecule has 0 radical (unpaired) electrons. The van der Waals surface area contributed by atoms with Crippen LogP contribution >= 0.6 is 0 Å². The first-order valence-electron chi connectivity index (χ1n) is 4.30. The van der Waals surface area contributed by atoms with Gasteiger partial charge in [-0.05, 0) is 19.3 Å². The van der Waals surface area contributed by atoms with Crippen molar-refractivity contribution < 1.29 is 4.74 Å². The number of hydrogen-bond donors (Lipinski definition) is 1. The van der Waals surface area contributed by atoms with E-state index < -0.39 is 0 Å². The van der Waals surface area contributed by atoms with Gasteiger partial charge in [-0.3, -0.25) is 0 Å². The van der Waals surface area contributed by atoms with Crippen LogP contribution in [0.5, 0.6) is 0 Å². The van der Waals surface area contributed by atoms with Crippen LogP contribution in [0.3, 0.4) is 0 Å². The van der Waals surface area contributed by atoms with Crippen LogP contribution in [0.15, 0.2) is 4.99 Å². The molecule has 0 aromatic carbocycles. The van der Waals surface area contributed by atoms with Gasteiger partial charge in [-0.2, -0.15) is 0 Å². The summed E-state index contributed by atoms with van der Waals surface area (Å²) in [6, 6.07) is 1.28. The lowest BCUT2D eigenvalue weighted by Crippen LogP contribution is -2.34.